The van der Waals surface area contributed by atoms with Crippen molar-refractivity contribution in [2.75, 3.05) is 18.4 Å². The molecule has 200 valence electrons. The average Bonchev–Trinajstić information content (AvgIpc) is 2.88. The highest BCUT2D eigenvalue weighted by Gasteiger charge is 2.35. The molecule has 9 nitrogen and oxygen atoms in total. The van der Waals surface area contributed by atoms with E-state index in [4.69, 9.17) is 10.8 Å². The van der Waals surface area contributed by atoms with Gasteiger partial charge < -0.3 is 21.1 Å². The minimum atomic E-state index is -4.62. The van der Waals surface area contributed by atoms with Crippen LogP contribution in [0.1, 0.15) is 46.8 Å². The molecule has 0 atom stereocenters. The van der Waals surface area contributed by atoms with E-state index in [9.17, 15) is 22.8 Å². The predicted molar refractivity (Wildman–Crippen MR) is 133 cm³/mol. The maximum atomic E-state index is 13.7. The van der Waals surface area contributed by atoms with E-state index in [1.54, 1.807) is 36.5 Å². The van der Waals surface area contributed by atoms with Crippen molar-refractivity contribution < 1.29 is 27.9 Å². The van der Waals surface area contributed by atoms with Crippen molar-refractivity contribution in [3.8, 4) is 0 Å². The summed E-state index contributed by atoms with van der Waals surface area (Å²) >= 11 is 0. The molecule has 3 aromatic rings. The number of anilines is 2. The second kappa shape index (κ2) is 11.4. The van der Waals surface area contributed by atoms with Crippen molar-refractivity contribution in [2.24, 2.45) is 5.73 Å². The highest BCUT2D eigenvalue weighted by molar-refractivity contribution is 5.77. The summed E-state index contributed by atoms with van der Waals surface area (Å²) in [4.78, 5) is 36.3. The molecule has 1 aliphatic rings. The normalized spacial score (nSPS) is 14.3. The number of carbonyl (C=O) groups excluding carboxylic acids is 1. The Bertz CT molecular complexity index is 1290. The molecule has 1 fully saturated rings. The van der Waals surface area contributed by atoms with Crippen LogP contribution in [0.25, 0.3) is 0 Å². The van der Waals surface area contributed by atoms with Crippen LogP contribution >= 0.6 is 0 Å². The summed E-state index contributed by atoms with van der Waals surface area (Å²) in [6.45, 7) is 0.883. The lowest BCUT2D eigenvalue weighted by Gasteiger charge is -2.29. The van der Waals surface area contributed by atoms with Crippen molar-refractivity contribution in [3.63, 3.8) is 0 Å². The van der Waals surface area contributed by atoms with Gasteiger partial charge in [0.2, 0.25) is 11.9 Å². The summed E-state index contributed by atoms with van der Waals surface area (Å²) in [5.74, 6) is -0.388. The van der Waals surface area contributed by atoms with Gasteiger partial charge in [-0.25, -0.2) is 14.8 Å². The van der Waals surface area contributed by atoms with Crippen LogP contribution in [0, 0.1) is 0 Å². The summed E-state index contributed by atoms with van der Waals surface area (Å²) < 4.78 is 41.0. The quantitative estimate of drug-likeness (QED) is 0.397. The Balaban J connectivity index is 1.47. The molecule has 1 saturated heterocycles. The van der Waals surface area contributed by atoms with Gasteiger partial charge in [0.15, 0.2) is 0 Å². The zero-order chi connectivity index (χ0) is 27.3. The molecule has 0 radical (unpaired) electrons. The molecule has 0 bridgehead atoms. The molecule has 0 aliphatic carbocycles. The molecule has 0 unspecified atom stereocenters. The Labute approximate surface area is 216 Å². The number of benzene rings is 1. The molecular formula is C26H27F3N6O3. The minimum absolute atomic E-state index is 0.000544. The number of aryl methyl sites for hydroxylation is 2. The van der Waals surface area contributed by atoms with Crippen molar-refractivity contribution in [1.29, 1.82) is 0 Å². The van der Waals surface area contributed by atoms with Gasteiger partial charge in [-0.3, -0.25) is 9.78 Å². The van der Waals surface area contributed by atoms with Gasteiger partial charge in [0.1, 0.15) is 0 Å². The van der Waals surface area contributed by atoms with Gasteiger partial charge in [0, 0.05) is 30.9 Å². The fourth-order valence-corrected chi connectivity index (χ4v) is 4.54. The Kier molecular flexibility index (Phi) is 8.08. The van der Waals surface area contributed by atoms with Crippen molar-refractivity contribution >= 4 is 23.6 Å². The number of amides is 2. The Hall–Kier alpha value is -4.22. The van der Waals surface area contributed by atoms with Gasteiger partial charge in [-0.2, -0.15) is 13.2 Å². The first-order valence-electron chi connectivity index (χ1n) is 12.1. The number of nitrogens with zero attached hydrogens (tertiary/aromatic N) is 4. The van der Waals surface area contributed by atoms with Gasteiger partial charge in [-0.15, -0.1) is 0 Å². The summed E-state index contributed by atoms with van der Waals surface area (Å²) in [5.41, 5.74) is 6.93. The van der Waals surface area contributed by atoms with Gasteiger partial charge in [0.25, 0.3) is 0 Å². The van der Waals surface area contributed by atoms with Gasteiger partial charge >= 0.3 is 12.3 Å². The number of hydrogen-bond acceptors (Lipinski definition) is 6. The van der Waals surface area contributed by atoms with Crippen LogP contribution in [0.4, 0.5) is 29.6 Å². The number of hydrogen-bond donors (Lipinski definition) is 3. The number of nitrogens with one attached hydrogen (secondary N) is 1. The van der Waals surface area contributed by atoms with Crippen LogP contribution in [0.5, 0.6) is 0 Å². The molecule has 0 saturated carbocycles. The van der Waals surface area contributed by atoms with Crippen LogP contribution in [-0.2, 0) is 30.2 Å². The molecule has 0 spiro atoms. The highest BCUT2D eigenvalue weighted by Crippen LogP contribution is 2.32. The lowest BCUT2D eigenvalue weighted by Crippen LogP contribution is -2.36. The van der Waals surface area contributed by atoms with Crippen LogP contribution in [0.3, 0.4) is 0 Å². The molecule has 12 heteroatoms. The van der Waals surface area contributed by atoms with Crippen LogP contribution < -0.4 is 11.1 Å². The van der Waals surface area contributed by atoms with E-state index < -0.39 is 23.7 Å². The topological polar surface area (TPSA) is 134 Å². The highest BCUT2D eigenvalue weighted by atomic mass is 19.4. The largest absolute Gasteiger partial charge is 0.465 e. The maximum Gasteiger partial charge on any atom is 0.419 e. The van der Waals surface area contributed by atoms with Crippen LogP contribution in [0.2, 0.25) is 0 Å². The number of nitrogens with two attached hydrogens (primary N) is 1. The molecular weight excluding hydrogens is 501 g/mol. The number of aromatic nitrogens is 3. The number of carbonyl (C=O) groups is 2. The molecule has 1 aliphatic heterocycles. The zero-order valence-corrected chi connectivity index (χ0v) is 20.4. The van der Waals surface area contributed by atoms with E-state index in [-0.39, 0.29) is 36.8 Å². The number of pyridine rings is 1. The average molecular weight is 529 g/mol. The number of piperidine rings is 1. The second-order valence-corrected chi connectivity index (χ2v) is 9.10. The molecule has 1 aromatic carbocycles. The molecule has 3 heterocycles. The van der Waals surface area contributed by atoms with E-state index in [1.807, 2.05) is 6.07 Å². The summed E-state index contributed by atoms with van der Waals surface area (Å²) in [6, 6.07) is 10.5. The lowest BCUT2D eigenvalue weighted by atomic mass is 9.93. The number of alkyl halides is 3. The Morgan fingerprint density at radius 2 is 1.74 bits per heavy atom. The van der Waals surface area contributed by atoms with E-state index in [0.29, 0.717) is 37.2 Å². The third-order valence-corrected chi connectivity index (χ3v) is 6.51. The number of halogens is 3. The van der Waals surface area contributed by atoms with Crippen molar-refractivity contribution in [1.82, 2.24) is 19.9 Å². The summed E-state index contributed by atoms with van der Waals surface area (Å²) in [7, 11) is 0. The van der Waals surface area contributed by atoms with E-state index >= 15 is 0 Å². The van der Waals surface area contributed by atoms with E-state index in [1.165, 1.54) is 4.90 Å². The van der Waals surface area contributed by atoms with Gasteiger partial charge in [-0.05, 0) is 48.9 Å². The van der Waals surface area contributed by atoms with Crippen molar-refractivity contribution in [2.45, 2.75) is 44.2 Å². The number of primary amides is 1. The Morgan fingerprint density at radius 1 is 1.03 bits per heavy atom. The summed E-state index contributed by atoms with van der Waals surface area (Å²) in [6.07, 6.45) is -1.69. The van der Waals surface area contributed by atoms with Crippen molar-refractivity contribution in [3.05, 3.63) is 76.9 Å². The fraction of sp³-hybridized carbons (Fsp3) is 0.346. The molecule has 2 amide bonds. The third kappa shape index (κ3) is 6.75. The maximum absolute atomic E-state index is 13.7. The first kappa shape index (κ1) is 26.8. The van der Waals surface area contributed by atoms with E-state index in [2.05, 4.69) is 20.3 Å². The third-order valence-electron chi connectivity index (χ3n) is 6.51. The number of rotatable bonds is 8. The fourth-order valence-electron chi connectivity index (χ4n) is 4.54. The Morgan fingerprint density at radius 3 is 2.34 bits per heavy atom. The standard InChI is InChI=1S/C26H27F3N6O3/c27-26(28,29)20-15-32-24(34-22(20)7-5-16-3-1-2-4-18(16)13-23(30)36)33-19-6-8-21(31-14-19)17-9-11-35(12-10-17)25(37)38/h1-4,6,8,14-15,17H,5,7,9-13H2,(H2,30,36)(H,37,38)(H,32,33,34). The lowest BCUT2D eigenvalue weighted by molar-refractivity contribution is -0.138. The van der Waals surface area contributed by atoms with Crippen LogP contribution in [0.15, 0.2) is 48.8 Å². The minimum Gasteiger partial charge on any atom is -0.465 e. The van der Waals surface area contributed by atoms with Crippen LogP contribution in [-0.4, -0.2) is 50.0 Å². The monoisotopic (exact) mass is 528 g/mol. The molecule has 38 heavy (non-hydrogen) atoms. The zero-order valence-electron chi connectivity index (χ0n) is 20.4. The molecule has 2 aromatic heterocycles. The second-order valence-electron chi connectivity index (χ2n) is 9.10. The van der Waals surface area contributed by atoms with Gasteiger partial charge in [-0.1, -0.05) is 24.3 Å². The summed E-state index contributed by atoms with van der Waals surface area (Å²) in [5, 5.41) is 12.0. The smallest absolute Gasteiger partial charge is 0.419 e. The molecule has 4 rings (SSSR count). The van der Waals surface area contributed by atoms with Gasteiger partial charge in [0.05, 0.1) is 29.6 Å². The predicted octanol–water partition coefficient (Wildman–Crippen LogP) is 4.30. The molecule has 4 N–H and O–H groups in total. The van der Waals surface area contributed by atoms with E-state index in [0.717, 1.165) is 17.5 Å². The first-order chi connectivity index (χ1) is 18.1. The SMILES string of the molecule is NC(=O)Cc1ccccc1CCc1nc(Nc2ccc(C3CCN(C(=O)O)CC3)nc2)ncc1C(F)(F)F. The first-order valence-corrected chi connectivity index (χ1v) is 12.1. The number of carboxylic acid groups (broad SMARTS) is 1. The number of likely N-dealkylation sites (tertiary alicyclic amines) is 1.